The number of benzene rings is 1. The summed E-state index contributed by atoms with van der Waals surface area (Å²) in [4.78, 5) is 18.0. The molecule has 6 nitrogen and oxygen atoms in total. The number of nitrogens with zero attached hydrogens (tertiary/aromatic N) is 3. The predicted octanol–water partition coefficient (Wildman–Crippen LogP) is 2.01. The van der Waals surface area contributed by atoms with Crippen molar-refractivity contribution >= 4 is 17.5 Å². The van der Waals surface area contributed by atoms with Gasteiger partial charge in [0.2, 0.25) is 0 Å². The summed E-state index contributed by atoms with van der Waals surface area (Å²) in [5.74, 6) is 0.443. The van der Waals surface area contributed by atoms with Crippen molar-refractivity contribution in [1.29, 1.82) is 0 Å². The largest absolute Gasteiger partial charge is 0.461 e. The van der Waals surface area contributed by atoms with Crippen LogP contribution in [0.2, 0.25) is 0 Å². The van der Waals surface area contributed by atoms with Gasteiger partial charge in [-0.05, 0) is 38.1 Å². The molecule has 0 aliphatic carbocycles. The highest BCUT2D eigenvalue weighted by Gasteiger charge is 2.20. The van der Waals surface area contributed by atoms with Gasteiger partial charge in [-0.3, -0.25) is 4.57 Å². The van der Waals surface area contributed by atoms with Gasteiger partial charge < -0.3 is 15.4 Å². The highest BCUT2D eigenvalue weighted by atomic mass is 16.5. The van der Waals surface area contributed by atoms with Crippen molar-refractivity contribution in [1.82, 2.24) is 9.55 Å². The van der Waals surface area contributed by atoms with Gasteiger partial charge in [-0.1, -0.05) is 0 Å². The lowest BCUT2D eigenvalue weighted by Gasteiger charge is -2.14. The van der Waals surface area contributed by atoms with Gasteiger partial charge in [0.1, 0.15) is 11.6 Å². The van der Waals surface area contributed by atoms with Gasteiger partial charge in [0.15, 0.2) is 5.69 Å². The van der Waals surface area contributed by atoms with Gasteiger partial charge in [0, 0.05) is 25.5 Å². The number of aromatic nitrogens is 2. The molecule has 21 heavy (non-hydrogen) atoms. The van der Waals surface area contributed by atoms with E-state index in [4.69, 9.17) is 10.5 Å². The summed E-state index contributed by atoms with van der Waals surface area (Å²) in [5, 5.41) is 0. The number of aryl methyl sites for hydroxylation is 1. The molecule has 0 saturated carbocycles. The molecular weight excluding hydrogens is 268 g/mol. The van der Waals surface area contributed by atoms with Crippen LogP contribution in [0.5, 0.6) is 0 Å². The van der Waals surface area contributed by atoms with Gasteiger partial charge >= 0.3 is 5.97 Å². The topological polar surface area (TPSA) is 73.4 Å². The Hall–Kier alpha value is -2.50. The number of hydrogen-bond donors (Lipinski definition) is 1. The first kappa shape index (κ1) is 14.9. The molecule has 0 aliphatic rings. The van der Waals surface area contributed by atoms with E-state index in [0.717, 1.165) is 11.4 Å². The second kappa shape index (κ2) is 5.87. The number of nitrogens with two attached hydrogens (primary N) is 1. The normalized spacial score (nSPS) is 10.5. The highest BCUT2D eigenvalue weighted by molar-refractivity contribution is 5.92. The molecule has 2 N–H and O–H groups in total. The Bertz CT molecular complexity index is 644. The summed E-state index contributed by atoms with van der Waals surface area (Å²) in [6.07, 6.45) is 0. The van der Waals surface area contributed by atoms with Crippen molar-refractivity contribution in [3.63, 3.8) is 0 Å². The molecule has 0 atom stereocenters. The molecule has 0 amide bonds. The van der Waals surface area contributed by atoms with Crippen LogP contribution in [0.1, 0.15) is 23.2 Å². The van der Waals surface area contributed by atoms with Gasteiger partial charge in [-0.15, -0.1) is 0 Å². The first-order valence-corrected chi connectivity index (χ1v) is 6.75. The average molecular weight is 288 g/mol. The molecular formula is C15H20N4O2. The third-order valence-electron chi connectivity index (χ3n) is 3.17. The van der Waals surface area contributed by atoms with Crippen molar-refractivity contribution in [2.75, 3.05) is 31.3 Å². The summed E-state index contributed by atoms with van der Waals surface area (Å²) >= 11 is 0. The Kier molecular flexibility index (Phi) is 4.16. The molecule has 0 saturated heterocycles. The fourth-order valence-electron chi connectivity index (χ4n) is 2.12. The Morgan fingerprint density at radius 1 is 1.33 bits per heavy atom. The van der Waals surface area contributed by atoms with Crippen LogP contribution in [-0.2, 0) is 4.74 Å². The smallest absolute Gasteiger partial charge is 0.360 e. The lowest BCUT2D eigenvalue weighted by molar-refractivity contribution is 0.0521. The summed E-state index contributed by atoms with van der Waals surface area (Å²) in [7, 11) is 3.95. The zero-order valence-electron chi connectivity index (χ0n) is 12.8. The Morgan fingerprint density at radius 3 is 2.48 bits per heavy atom. The van der Waals surface area contributed by atoms with Gasteiger partial charge in [-0.25, -0.2) is 9.78 Å². The predicted molar refractivity (Wildman–Crippen MR) is 83.0 cm³/mol. The van der Waals surface area contributed by atoms with Crippen molar-refractivity contribution in [2.24, 2.45) is 0 Å². The SMILES string of the molecule is CCOC(=O)c1nc(C)n(-c2ccc(N(C)C)cc2)c1N. The van der Waals surface area contributed by atoms with Crippen LogP contribution in [0.25, 0.3) is 5.69 Å². The van der Waals surface area contributed by atoms with E-state index in [2.05, 4.69) is 4.98 Å². The van der Waals surface area contributed by atoms with Gasteiger partial charge in [-0.2, -0.15) is 0 Å². The van der Waals surface area contributed by atoms with E-state index < -0.39 is 5.97 Å². The zero-order chi connectivity index (χ0) is 15.6. The molecule has 6 heteroatoms. The van der Waals surface area contributed by atoms with Gasteiger partial charge in [0.05, 0.1) is 6.61 Å². The van der Waals surface area contributed by atoms with E-state index in [0.29, 0.717) is 18.2 Å². The summed E-state index contributed by atoms with van der Waals surface area (Å²) < 4.78 is 6.70. The van der Waals surface area contributed by atoms with Crippen molar-refractivity contribution in [3.05, 3.63) is 35.8 Å². The van der Waals surface area contributed by atoms with Crippen LogP contribution in [-0.4, -0.2) is 36.2 Å². The van der Waals surface area contributed by atoms with Crippen LogP contribution in [0, 0.1) is 6.92 Å². The molecule has 0 radical (unpaired) electrons. The number of nitrogen functional groups attached to an aromatic ring is 1. The minimum atomic E-state index is -0.498. The number of carbonyl (C=O) groups is 1. The number of imidazole rings is 1. The molecule has 1 aromatic heterocycles. The number of carbonyl (C=O) groups excluding carboxylic acids is 1. The monoisotopic (exact) mass is 288 g/mol. The molecule has 0 fully saturated rings. The van der Waals surface area contributed by atoms with E-state index in [1.165, 1.54) is 0 Å². The number of anilines is 2. The molecule has 1 aromatic carbocycles. The van der Waals surface area contributed by atoms with E-state index in [9.17, 15) is 4.79 Å². The Balaban J connectivity index is 2.42. The second-order valence-electron chi connectivity index (χ2n) is 4.86. The fraction of sp³-hybridized carbons (Fsp3) is 0.333. The fourth-order valence-corrected chi connectivity index (χ4v) is 2.12. The van der Waals surface area contributed by atoms with Crippen molar-refractivity contribution in [3.8, 4) is 5.69 Å². The third kappa shape index (κ3) is 2.84. The minimum Gasteiger partial charge on any atom is -0.461 e. The van der Waals surface area contributed by atoms with Crippen LogP contribution in [0.3, 0.4) is 0 Å². The van der Waals surface area contributed by atoms with E-state index in [1.807, 2.05) is 43.3 Å². The Labute approximate surface area is 124 Å². The third-order valence-corrected chi connectivity index (χ3v) is 3.17. The standard InChI is InChI=1S/C15H20N4O2/c1-5-21-15(20)13-14(16)19(10(2)17-13)12-8-6-11(7-9-12)18(3)4/h6-9H,5,16H2,1-4H3. The molecule has 2 aromatic rings. The lowest BCUT2D eigenvalue weighted by Crippen LogP contribution is -2.10. The molecule has 0 spiro atoms. The molecule has 112 valence electrons. The van der Waals surface area contributed by atoms with Gasteiger partial charge in [0.25, 0.3) is 0 Å². The van der Waals surface area contributed by atoms with Crippen LogP contribution in [0.15, 0.2) is 24.3 Å². The van der Waals surface area contributed by atoms with E-state index in [-0.39, 0.29) is 5.69 Å². The first-order chi connectivity index (χ1) is 9.95. The number of ether oxygens (including phenoxy) is 1. The minimum absolute atomic E-state index is 0.158. The van der Waals surface area contributed by atoms with Crippen molar-refractivity contribution in [2.45, 2.75) is 13.8 Å². The number of esters is 1. The Morgan fingerprint density at radius 2 is 1.95 bits per heavy atom. The molecule has 0 unspecified atom stereocenters. The van der Waals surface area contributed by atoms with Crippen molar-refractivity contribution < 1.29 is 9.53 Å². The molecule has 0 bridgehead atoms. The highest BCUT2D eigenvalue weighted by Crippen LogP contribution is 2.23. The molecule has 0 aliphatic heterocycles. The second-order valence-corrected chi connectivity index (χ2v) is 4.86. The molecule has 1 heterocycles. The summed E-state index contributed by atoms with van der Waals surface area (Å²) in [5.41, 5.74) is 8.16. The van der Waals surface area contributed by atoms with E-state index >= 15 is 0 Å². The van der Waals surface area contributed by atoms with Crippen LogP contribution < -0.4 is 10.6 Å². The van der Waals surface area contributed by atoms with Crippen LogP contribution >= 0.6 is 0 Å². The summed E-state index contributed by atoms with van der Waals surface area (Å²) in [6.45, 7) is 3.85. The average Bonchev–Trinajstić information content (AvgIpc) is 2.74. The van der Waals surface area contributed by atoms with E-state index in [1.54, 1.807) is 18.4 Å². The maximum atomic E-state index is 11.8. The number of hydrogen-bond acceptors (Lipinski definition) is 5. The quantitative estimate of drug-likeness (QED) is 0.871. The zero-order valence-corrected chi connectivity index (χ0v) is 12.8. The first-order valence-electron chi connectivity index (χ1n) is 6.75. The van der Waals surface area contributed by atoms with Crippen LogP contribution in [0.4, 0.5) is 11.5 Å². The maximum absolute atomic E-state index is 11.8. The molecule has 2 rings (SSSR count). The summed E-state index contributed by atoms with van der Waals surface area (Å²) in [6, 6.07) is 7.85. The lowest BCUT2D eigenvalue weighted by atomic mass is 10.2. The number of rotatable bonds is 4. The maximum Gasteiger partial charge on any atom is 0.360 e.